The molecule has 1 rings (SSSR count). The summed E-state index contributed by atoms with van der Waals surface area (Å²) in [7, 11) is 0. The summed E-state index contributed by atoms with van der Waals surface area (Å²) >= 11 is 6.00. The Balaban J connectivity index is 2.45. The van der Waals surface area contributed by atoms with Crippen molar-refractivity contribution in [1.82, 2.24) is 10.6 Å². The van der Waals surface area contributed by atoms with Crippen LogP contribution in [0.1, 0.15) is 33.3 Å². The van der Waals surface area contributed by atoms with Crippen LogP contribution in [0.25, 0.3) is 0 Å². The van der Waals surface area contributed by atoms with Crippen LogP contribution < -0.4 is 10.6 Å². The van der Waals surface area contributed by atoms with Gasteiger partial charge in [-0.25, -0.2) is 4.79 Å². The first-order valence-electron chi connectivity index (χ1n) is 6.69. The Hall–Kier alpha value is -1.75. The second kappa shape index (κ2) is 7.31. The zero-order valence-corrected chi connectivity index (χ0v) is 13.5. The van der Waals surface area contributed by atoms with Crippen molar-refractivity contribution >= 4 is 23.6 Å². The summed E-state index contributed by atoms with van der Waals surface area (Å²) in [6.45, 7) is 7.17. The maximum absolute atomic E-state index is 11.9. The summed E-state index contributed by atoms with van der Waals surface area (Å²) < 4.78 is 5.09. The average molecular weight is 313 g/mol. The van der Waals surface area contributed by atoms with Gasteiger partial charge in [-0.1, -0.05) is 29.8 Å². The quantitative estimate of drug-likeness (QED) is 0.898. The Bertz CT molecular complexity index is 512. The van der Waals surface area contributed by atoms with Crippen molar-refractivity contribution in [3.05, 3.63) is 34.9 Å². The van der Waals surface area contributed by atoms with Crippen LogP contribution in [0, 0.1) is 0 Å². The standard InChI is InChI=1S/C15H21ClN2O3/c1-10(18-14(20)21-15(2,3)4)13(19)17-9-11-7-5-6-8-12(11)16/h5-8,10H,9H2,1-4H3,(H,17,19)(H,18,20). The Morgan fingerprint density at radius 3 is 2.48 bits per heavy atom. The van der Waals surface area contributed by atoms with Gasteiger partial charge in [0.05, 0.1) is 0 Å². The first kappa shape index (κ1) is 17.3. The number of amides is 2. The van der Waals surface area contributed by atoms with Crippen LogP contribution in [-0.4, -0.2) is 23.6 Å². The Morgan fingerprint density at radius 1 is 1.29 bits per heavy atom. The van der Waals surface area contributed by atoms with Crippen LogP contribution in [0.5, 0.6) is 0 Å². The Kier molecular flexibility index (Phi) is 6.03. The smallest absolute Gasteiger partial charge is 0.408 e. The van der Waals surface area contributed by atoms with E-state index in [1.54, 1.807) is 33.8 Å². The number of rotatable bonds is 4. The Morgan fingerprint density at radius 2 is 1.90 bits per heavy atom. The molecular formula is C15H21ClN2O3. The minimum atomic E-state index is -0.692. The molecule has 0 saturated heterocycles. The fourth-order valence-corrected chi connectivity index (χ4v) is 1.73. The van der Waals surface area contributed by atoms with Crippen molar-refractivity contribution in [2.24, 2.45) is 0 Å². The highest BCUT2D eigenvalue weighted by atomic mass is 35.5. The summed E-state index contributed by atoms with van der Waals surface area (Å²) in [6, 6.07) is 6.55. The van der Waals surface area contributed by atoms with Gasteiger partial charge in [-0.15, -0.1) is 0 Å². The second-order valence-electron chi connectivity index (χ2n) is 5.68. The summed E-state index contributed by atoms with van der Waals surface area (Å²) in [5.41, 5.74) is 0.217. The topological polar surface area (TPSA) is 67.4 Å². The Labute approximate surface area is 130 Å². The predicted molar refractivity (Wildman–Crippen MR) is 82.1 cm³/mol. The predicted octanol–water partition coefficient (Wildman–Crippen LogP) is 2.87. The first-order chi connectivity index (χ1) is 9.69. The molecule has 0 heterocycles. The number of ether oxygens (including phenoxy) is 1. The molecule has 1 aromatic carbocycles. The minimum Gasteiger partial charge on any atom is -0.444 e. The monoisotopic (exact) mass is 312 g/mol. The second-order valence-corrected chi connectivity index (χ2v) is 6.08. The van der Waals surface area contributed by atoms with Crippen molar-refractivity contribution < 1.29 is 14.3 Å². The fourth-order valence-electron chi connectivity index (χ4n) is 1.53. The van der Waals surface area contributed by atoms with E-state index in [-0.39, 0.29) is 5.91 Å². The van der Waals surface area contributed by atoms with E-state index >= 15 is 0 Å². The van der Waals surface area contributed by atoms with Gasteiger partial charge >= 0.3 is 6.09 Å². The van der Waals surface area contributed by atoms with Crippen LogP contribution in [-0.2, 0) is 16.1 Å². The molecule has 0 aromatic heterocycles. The lowest BCUT2D eigenvalue weighted by molar-refractivity contribution is -0.122. The maximum atomic E-state index is 11.9. The van der Waals surface area contributed by atoms with Crippen molar-refractivity contribution in [3.63, 3.8) is 0 Å². The van der Waals surface area contributed by atoms with Gasteiger partial charge in [0.25, 0.3) is 0 Å². The molecular weight excluding hydrogens is 292 g/mol. The molecule has 0 aliphatic rings. The normalized spacial score (nSPS) is 12.4. The molecule has 0 fully saturated rings. The van der Waals surface area contributed by atoms with Crippen molar-refractivity contribution in [3.8, 4) is 0 Å². The van der Waals surface area contributed by atoms with Crippen LogP contribution >= 0.6 is 11.6 Å². The lowest BCUT2D eigenvalue weighted by atomic mass is 10.2. The molecule has 2 N–H and O–H groups in total. The van der Waals surface area contributed by atoms with E-state index in [0.29, 0.717) is 11.6 Å². The third-order valence-corrected chi connectivity index (χ3v) is 2.91. The summed E-state index contributed by atoms with van der Waals surface area (Å²) in [6.07, 6.45) is -0.622. The number of hydrogen-bond donors (Lipinski definition) is 2. The molecule has 1 unspecified atom stereocenters. The van der Waals surface area contributed by atoms with Crippen LogP contribution in [0.15, 0.2) is 24.3 Å². The molecule has 0 aliphatic heterocycles. The van der Waals surface area contributed by atoms with Crippen molar-refractivity contribution in [1.29, 1.82) is 0 Å². The molecule has 0 radical (unpaired) electrons. The van der Waals surface area contributed by atoms with Gasteiger partial charge in [-0.2, -0.15) is 0 Å². The van der Waals surface area contributed by atoms with Crippen LogP contribution in [0.4, 0.5) is 4.79 Å². The fraction of sp³-hybridized carbons (Fsp3) is 0.467. The number of benzene rings is 1. The van der Waals surface area contributed by atoms with Gasteiger partial charge in [-0.3, -0.25) is 4.79 Å². The minimum absolute atomic E-state index is 0.304. The molecule has 21 heavy (non-hydrogen) atoms. The molecule has 0 spiro atoms. The lowest BCUT2D eigenvalue weighted by Crippen LogP contribution is -2.46. The molecule has 2 amide bonds. The van der Waals surface area contributed by atoms with Gasteiger partial charge in [0, 0.05) is 11.6 Å². The van der Waals surface area contributed by atoms with E-state index in [4.69, 9.17) is 16.3 Å². The summed E-state index contributed by atoms with van der Waals surface area (Å²) in [4.78, 5) is 23.5. The van der Waals surface area contributed by atoms with E-state index < -0.39 is 17.7 Å². The average Bonchev–Trinajstić information content (AvgIpc) is 2.34. The van der Waals surface area contributed by atoms with E-state index in [0.717, 1.165) is 5.56 Å². The zero-order valence-electron chi connectivity index (χ0n) is 12.7. The van der Waals surface area contributed by atoms with E-state index in [2.05, 4.69) is 10.6 Å². The molecule has 0 bridgehead atoms. The zero-order chi connectivity index (χ0) is 16.0. The molecule has 6 heteroatoms. The highest BCUT2D eigenvalue weighted by Crippen LogP contribution is 2.14. The van der Waals surface area contributed by atoms with Gasteiger partial charge in [-0.05, 0) is 39.3 Å². The van der Waals surface area contributed by atoms with Gasteiger partial charge in [0.1, 0.15) is 11.6 Å². The van der Waals surface area contributed by atoms with E-state index in [9.17, 15) is 9.59 Å². The number of hydrogen-bond acceptors (Lipinski definition) is 3. The molecule has 1 atom stereocenters. The van der Waals surface area contributed by atoms with Gasteiger partial charge in [0.15, 0.2) is 0 Å². The lowest BCUT2D eigenvalue weighted by Gasteiger charge is -2.21. The SMILES string of the molecule is CC(NC(=O)OC(C)(C)C)C(=O)NCc1ccccc1Cl. The molecule has 0 aliphatic carbocycles. The third-order valence-electron chi connectivity index (χ3n) is 2.54. The van der Waals surface area contributed by atoms with Crippen molar-refractivity contribution in [2.45, 2.75) is 45.9 Å². The summed E-state index contributed by atoms with van der Waals surface area (Å²) in [5, 5.41) is 5.78. The first-order valence-corrected chi connectivity index (χ1v) is 7.07. The third kappa shape index (κ3) is 6.49. The molecule has 5 nitrogen and oxygen atoms in total. The van der Waals surface area contributed by atoms with Gasteiger partial charge < -0.3 is 15.4 Å². The van der Waals surface area contributed by atoms with Crippen LogP contribution in [0.2, 0.25) is 5.02 Å². The highest BCUT2D eigenvalue weighted by Gasteiger charge is 2.20. The number of carbonyl (C=O) groups excluding carboxylic acids is 2. The number of carbonyl (C=O) groups is 2. The van der Waals surface area contributed by atoms with Crippen molar-refractivity contribution in [2.75, 3.05) is 0 Å². The number of nitrogens with one attached hydrogen (secondary N) is 2. The van der Waals surface area contributed by atoms with Crippen LogP contribution in [0.3, 0.4) is 0 Å². The number of halogens is 1. The largest absolute Gasteiger partial charge is 0.444 e. The van der Waals surface area contributed by atoms with E-state index in [1.807, 2.05) is 18.2 Å². The van der Waals surface area contributed by atoms with E-state index in [1.165, 1.54) is 0 Å². The molecule has 116 valence electrons. The maximum Gasteiger partial charge on any atom is 0.408 e. The molecule has 0 saturated carbocycles. The molecule has 1 aromatic rings. The summed E-state index contributed by atoms with van der Waals surface area (Å²) in [5.74, 6) is -0.305. The van der Waals surface area contributed by atoms with Gasteiger partial charge in [0.2, 0.25) is 5.91 Å². The highest BCUT2D eigenvalue weighted by molar-refractivity contribution is 6.31. The number of alkyl carbamates (subject to hydrolysis) is 1.